The number of hydrogen-bond acceptors (Lipinski definition) is 1. The Hall–Kier alpha value is -0.790. The van der Waals surface area contributed by atoms with E-state index in [9.17, 15) is 4.79 Å². The molecular formula is C12H21NO. The van der Waals surface area contributed by atoms with E-state index in [1.165, 1.54) is 5.57 Å². The first kappa shape index (κ1) is 11.3. The molecule has 1 rings (SSSR count). The highest BCUT2D eigenvalue weighted by molar-refractivity contribution is 5.95. The standard InChI is InChI=1S/C12H21NO/c1-8(2)10-6-7-13(5)12(14)11(10)9(3)4/h8-9H,6-7H2,1-5H3. The fraction of sp³-hybridized carbons (Fsp3) is 0.750. The highest BCUT2D eigenvalue weighted by Gasteiger charge is 2.27. The third kappa shape index (κ3) is 1.99. The second-order valence-corrected chi connectivity index (χ2v) is 4.73. The summed E-state index contributed by atoms with van der Waals surface area (Å²) in [6, 6.07) is 0. The van der Waals surface area contributed by atoms with Crippen molar-refractivity contribution in [2.45, 2.75) is 34.1 Å². The van der Waals surface area contributed by atoms with E-state index < -0.39 is 0 Å². The van der Waals surface area contributed by atoms with Gasteiger partial charge in [0.15, 0.2) is 0 Å². The van der Waals surface area contributed by atoms with Crippen LogP contribution in [0.3, 0.4) is 0 Å². The van der Waals surface area contributed by atoms with Crippen molar-refractivity contribution in [3.8, 4) is 0 Å². The summed E-state index contributed by atoms with van der Waals surface area (Å²) in [4.78, 5) is 13.8. The van der Waals surface area contributed by atoms with Crippen molar-refractivity contribution in [3.05, 3.63) is 11.1 Å². The lowest BCUT2D eigenvalue weighted by Crippen LogP contribution is -2.36. The molecule has 0 saturated heterocycles. The number of carbonyl (C=O) groups excluding carboxylic acids is 1. The zero-order chi connectivity index (χ0) is 10.9. The maximum Gasteiger partial charge on any atom is 0.249 e. The molecule has 1 aliphatic heterocycles. The highest BCUT2D eigenvalue weighted by Crippen LogP contribution is 2.29. The molecule has 0 N–H and O–H groups in total. The van der Waals surface area contributed by atoms with Gasteiger partial charge in [-0.1, -0.05) is 33.3 Å². The van der Waals surface area contributed by atoms with E-state index >= 15 is 0 Å². The maximum atomic E-state index is 11.9. The molecule has 0 radical (unpaired) electrons. The average Bonchev–Trinajstić information content (AvgIpc) is 2.08. The van der Waals surface area contributed by atoms with Gasteiger partial charge in [0.1, 0.15) is 0 Å². The van der Waals surface area contributed by atoms with Gasteiger partial charge in [-0.25, -0.2) is 0 Å². The van der Waals surface area contributed by atoms with Crippen molar-refractivity contribution < 1.29 is 4.79 Å². The molecule has 2 nitrogen and oxygen atoms in total. The van der Waals surface area contributed by atoms with Gasteiger partial charge in [-0.2, -0.15) is 0 Å². The molecule has 0 saturated carbocycles. The smallest absolute Gasteiger partial charge is 0.249 e. The fourth-order valence-corrected chi connectivity index (χ4v) is 2.08. The van der Waals surface area contributed by atoms with Crippen LogP contribution in [0.25, 0.3) is 0 Å². The lowest BCUT2D eigenvalue weighted by atomic mass is 9.85. The fourth-order valence-electron chi connectivity index (χ4n) is 2.08. The van der Waals surface area contributed by atoms with Crippen LogP contribution in [-0.2, 0) is 4.79 Å². The average molecular weight is 195 g/mol. The summed E-state index contributed by atoms with van der Waals surface area (Å²) >= 11 is 0. The summed E-state index contributed by atoms with van der Waals surface area (Å²) in [6.07, 6.45) is 1.05. The Balaban J connectivity index is 3.10. The van der Waals surface area contributed by atoms with E-state index in [2.05, 4.69) is 27.7 Å². The van der Waals surface area contributed by atoms with Crippen molar-refractivity contribution >= 4 is 5.91 Å². The molecule has 0 aromatic rings. The molecule has 0 atom stereocenters. The number of hydrogen-bond donors (Lipinski definition) is 0. The topological polar surface area (TPSA) is 20.3 Å². The van der Waals surface area contributed by atoms with Crippen LogP contribution >= 0.6 is 0 Å². The zero-order valence-electron chi connectivity index (χ0n) is 9.92. The maximum absolute atomic E-state index is 11.9. The lowest BCUT2D eigenvalue weighted by molar-refractivity contribution is -0.127. The monoisotopic (exact) mass is 195 g/mol. The van der Waals surface area contributed by atoms with Crippen LogP contribution in [0.4, 0.5) is 0 Å². The summed E-state index contributed by atoms with van der Waals surface area (Å²) < 4.78 is 0. The largest absolute Gasteiger partial charge is 0.342 e. The number of amides is 1. The zero-order valence-corrected chi connectivity index (χ0v) is 9.92. The van der Waals surface area contributed by atoms with Crippen molar-refractivity contribution in [2.24, 2.45) is 11.8 Å². The van der Waals surface area contributed by atoms with Gasteiger partial charge in [0.2, 0.25) is 5.91 Å². The highest BCUT2D eigenvalue weighted by atomic mass is 16.2. The minimum atomic E-state index is 0.231. The summed E-state index contributed by atoms with van der Waals surface area (Å²) in [5.41, 5.74) is 2.41. The van der Waals surface area contributed by atoms with Crippen molar-refractivity contribution in [3.63, 3.8) is 0 Å². The molecule has 1 heterocycles. The summed E-state index contributed by atoms with van der Waals surface area (Å²) in [5, 5.41) is 0. The van der Waals surface area contributed by atoms with Gasteiger partial charge in [-0.05, 0) is 18.3 Å². The first-order valence-electron chi connectivity index (χ1n) is 5.43. The Morgan fingerprint density at radius 3 is 2.14 bits per heavy atom. The molecule has 1 aliphatic rings. The van der Waals surface area contributed by atoms with Crippen molar-refractivity contribution in [1.29, 1.82) is 0 Å². The number of nitrogens with zero attached hydrogens (tertiary/aromatic N) is 1. The van der Waals surface area contributed by atoms with E-state index in [1.807, 2.05) is 11.9 Å². The van der Waals surface area contributed by atoms with Gasteiger partial charge in [-0.3, -0.25) is 4.79 Å². The Morgan fingerprint density at radius 2 is 1.71 bits per heavy atom. The van der Waals surface area contributed by atoms with E-state index in [4.69, 9.17) is 0 Å². The van der Waals surface area contributed by atoms with Crippen LogP contribution < -0.4 is 0 Å². The molecule has 80 valence electrons. The molecule has 0 spiro atoms. The minimum Gasteiger partial charge on any atom is -0.342 e. The second kappa shape index (κ2) is 4.16. The van der Waals surface area contributed by atoms with E-state index in [-0.39, 0.29) is 5.91 Å². The first-order valence-corrected chi connectivity index (χ1v) is 5.43. The Morgan fingerprint density at radius 1 is 1.14 bits per heavy atom. The van der Waals surface area contributed by atoms with Crippen LogP contribution in [0.15, 0.2) is 11.1 Å². The lowest BCUT2D eigenvalue weighted by Gasteiger charge is -2.31. The van der Waals surface area contributed by atoms with Gasteiger partial charge in [0.25, 0.3) is 0 Å². The Kier molecular flexibility index (Phi) is 3.35. The molecule has 1 amide bonds. The normalized spacial score (nSPS) is 18.8. The molecule has 0 fully saturated rings. The molecule has 0 aliphatic carbocycles. The Bertz CT molecular complexity index is 263. The summed E-state index contributed by atoms with van der Waals surface area (Å²) in [7, 11) is 1.89. The predicted molar refractivity (Wildman–Crippen MR) is 59.0 cm³/mol. The van der Waals surface area contributed by atoms with Gasteiger partial charge >= 0.3 is 0 Å². The van der Waals surface area contributed by atoms with Crippen LogP contribution in [0, 0.1) is 11.8 Å². The van der Waals surface area contributed by atoms with Crippen LogP contribution in [0.2, 0.25) is 0 Å². The van der Waals surface area contributed by atoms with Crippen LogP contribution in [-0.4, -0.2) is 24.4 Å². The number of rotatable bonds is 2. The van der Waals surface area contributed by atoms with E-state index in [0.717, 1.165) is 18.5 Å². The van der Waals surface area contributed by atoms with Crippen molar-refractivity contribution in [1.82, 2.24) is 4.90 Å². The van der Waals surface area contributed by atoms with Gasteiger partial charge in [0, 0.05) is 19.2 Å². The van der Waals surface area contributed by atoms with E-state index in [0.29, 0.717) is 11.8 Å². The van der Waals surface area contributed by atoms with Gasteiger partial charge in [-0.15, -0.1) is 0 Å². The summed E-state index contributed by atoms with van der Waals surface area (Å²) in [5.74, 6) is 1.09. The predicted octanol–water partition coefficient (Wildman–Crippen LogP) is 2.46. The van der Waals surface area contributed by atoms with Crippen LogP contribution in [0.5, 0.6) is 0 Å². The third-order valence-electron chi connectivity index (χ3n) is 2.91. The molecule has 0 unspecified atom stereocenters. The van der Waals surface area contributed by atoms with Crippen molar-refractivity contribution in [2.75, 3.05) is 13.6 Å². The molecule has 14 heavy (non-hydrogen) atoms. The SMILES string of the molecule is CC(C)C1=C(C(C)C)C(=O)N(C)CC1. The molecule has 2 heteroatoms. The first-order chi connectivity index (χ1) is 6.45. The van der Waals surface area contributed by atoms with Crippen LogP contribution in [0.1, 0.15) is 34.1 Å². The Labute approximate surface area is 87.0 Å². The molecule has 0 aromatic carbocycles. The minimum absolute atomic E-state index is 0.231. The molecule has 0 aromatic heterocycles. The summed E-state index contributed by atoms with van der Waals surface area (Å²) in [6.45, 7) is 9.44. The number of likely N-dealkylation sites (N-methyl/N-ethyl adjacent to an activating group) is 1. The van der Waals surface area contributed by atoms with Gasteiger partial charge in [0.05, 0.1) is 0 Å². The quantitative estimate of drug-likeness (QED) is 0.663. The second-order valence-electron chi connectivity index (χ2n) is 4.73. The molecule has 0 bridgehead atoms. The number of carbonyl (C=O) groups is 1. The third-order valence-corrected chi connectivity index (χ3v) is 2.91. The van der Waals surface area contributed by atoms with E-state index in [1.54, 1.807) is 0 Å². The molecular weight excluding hydrogens is 174 g/mol. The van der Waals surface area contributed by atoms with Gasteiger partial charge < -0.3 is 4.90 Å².